The average molecular weight is 360 g/mol. The van der Waals surface area contributed by atoms with Gasteiger partial charge in [-0.3, -0.25) is 4.79 Å². The molecule has 2 unspecified atom stereocenters. The Morgan fingerprint density at radius 2 is 2.13 bits per heavy atom. The summed E-state index contributed by atoms with van der Waals surface area (Å²) in [5.74, 6) is -0.189. The number of hydrogen-bond donors (Lipinski definition) is 3. The number of aliphatic hydroxyl groups excluding tert-OH is 2. The van der Waals surface area contributed by atoms with E-state index >= 15 is 0 Å². The molecule has 1 saturated carbocycles. The molecule has 0 aliphatic heterocycles. The molecule has 0 saturated heterocycles. The molecule has 1 aliphatic rings. The molecule has 3 N–H and O–H groups in total. The van der Waals surface area contributed by atoms with Crippen LogP contribution >= 0.6 is 23.2 Å². The van der Waals surface area contributed by atoms with Gasteiger partial charge in [0.1, 0.15) is 17.7 Å². The standard InChI is InChI=1S/C13H15Cl2N5O3/c1-2-7(21)17-5-3-6(10(23)9(5)22)20-4-16-8-11(14)18-13(15)19-12(8)20/h4-6,9-10,22-23H,2-3H2,1H3,(H,17,21)/t5-,6?,9+,10?/m0/s1. The first-order valence-corrected chi connectivity index (χ1v) is 7.89. The molecule has 4 atom stereocenters. The zero-order valence-electron chi connectivity index (χ0n) is 12.1. The quantitative estimate of drug-likeness (QED) is 0.549. The van der Waals surface area contributed by atoms with Crippen molar-refractivity contribution >= 4 is 40.3 Å². The van der Waals surface area contributed by atoms with Crippen molar-refractivity contribution < 1.29 is 15.0 Å². The number of amides is 1. The van der Waals surface area contributed by atoms with Crippen LogP contribution in [-0.2, 0) is 4.79 Å². The van der Waals surface area contributed by atoms with Crippen LogP contribution in [0.15, 0.2) is 6.33 Å². The Morgan fingerprint density at radius 3 is 2.83 bits per heavy atom. The summed E-state index contributed by atoms with van der Waals surface area (Å²) in [6, 6.07) is -1.06. The maximum absolute atomic E-state index is 11.5. The molecule has 0 spiro atoms. The van der Waals surface area contributed by atoms with Gasteiger partial charge in [0.05, 0.1) is 18.4 Å². The highest BCUT2D eigenvalue weighted by Gasteiger charge is 2.43. The van der Waals surface area contributed by atoms with E-state index in [0.29, 0.717) is 24.0 Å². The van der Waals surface area contributed by atoms with Crippen molar-refractivity contribution in [3.8, 4) is 0 Å². The number of halogens is 2. The number of hydrogen-bond acceptors (Lipinski definition) is 6. The minimum absolute atomic E-state index is 0.0341. The summed E-state index contributed by atoms with van der Waals surface area (Å²) in [6.45, 7) is 1.72. The van der Waals surface area contributed by atoms with Crippen molar-refractivity contribution in [3.05, 3.63) is 16.8 Å². The van der Waals surface area contributed by atoms with Gasteiger partial charge >= 0.3 is 0 Å². The van der Waals surface area contributed by atoms with Gasteiger partial charge in [-0.2, -0.15) is 4.98 Å². The fourth-order valence-electron chi connectivity index (χ4n) is 2.84. The van der Waals surface area contributed by atoms with Gasteiger partial charge in [-0.15, -0.1) is 0 Å². The Labute approximate surface area is 141 Å². The van der Waals surface area contributed by atoms with Gasteiger partial charge in [0.2, 0.25) is 11.2 Å². The van der Waals surface area contributed by atoms with Gasteiger partial charge in [0.15, 0.2) is 10.8 Å². The van der Waals surface area contributed by atoms with Crippen LogP contribution in [0.1, 0.15) is 25.8 Å². The van der Waals surface area contributed by atoms with E-state index in [1.54, 1.807) is 11.5 Å². The zero-order valence-corrected chi connectivity index (χ0v) is 13.7. The zero-order chi connectivity index (χ0) is 16.7. The second kappa shape index (κ2) is 6.20. The summed E-state index contributed by atoms with van der Waals surface area (Å²) in [6.07, 6.45) is -0.0655. The number of nitrogens with one attached hydrogen (secondary N) is 1. The molecule has 1 aliphatic carbocycles. The molecule has 0 radical (unpaired) electrons. The van der Waals surface area contributed by atoms with Crippen molar-refractivity contribution in [2.45, 2.75) is 44.1 Å². The van der Waals surface area contributed by atoms with Crippen LogP contribution in [0.25, 0.3) is 11.2 Å². The highest BCUT2D eigenvalue weighted by Crippen LogP contribution is 2.34. The van der Waals surface area contributed by atoms with Crippen molar-refractivity contribution in [3.63, 3.8) is 0 Å². The monoisotopic (exact) mass is 359 g/mol. The highest BCUT2D eigenvalue weighted by atomic mass is 35.5. The van der Waals surface area contributed by atoms with E-state index in [1.165, 1.54) is 6.33 Å². The van der Waals surface area contributed by atoms with E-state index in [4.69, 9.17) is 23.2 Å². The van der Waals surface area contributed by atoms with Gasteiger partial charge in [0, 0.05) is 6.42 Å². The predicted octanol–water partition coefficient (Wildman–Crippen LogP) is 0.694. The summed E-state index contributed by atoms with van der Waals surface area (Å²) in [5, 5.41) is 23.3. The molecular weight excluding hydrogens is 345 g/mol. The third kappa shape index (κ3) is 2.87. The van der Waals surface area contributed by atoms with E-state index in [2.05, 4.69) is 20.3 Å². The third-order valence-electron chi connectivity index (χ3n) is 4.03. The summed E-state index contributed by atoms with van der Waals surface area (Å²) < 4.78 is 1.60. The van der Waals surface area contributed by atoms with Crippen LogP contribution < -0.4 is 5.32 Å². The van der Waals surface area contributed by atoms with Crippen LogP contribution in [0, 0.1) is 0 Å². The van der Waals surface area contributed by atoms with Crippen LogP contribution in [0.2, 0.25) is 10.4 Å². The SMILES string of the molecule is CCC(=O)N[C@H]1CC(n2cnc3c(Cl)nc(Cl)nc32)C(O)[C@@H]1O. The number of rotatable bonds is 3. The minimum atomic E-state index is -1.08. The van der Waals surface area contributed by atoms with E-state index in [-0.39, 0.29) is 16.3 Å². The molecule has 2 heterocycles. The number of carbonyl (C=O) groups excluding carboxylic acids is 1. The molecule has 1 amide bonds. The molecule has 1 fully saturated rings. The van der Waals surface area contributed by atoms with Crippen LogP contribution in [-0.4, -0.2) is 53.9 Å². The lowest BCUT2D eigenvalue weighted by atomic mass is 10.2. The molecule has 0 aromatic carbocycles. The van der Waals surface area contributed by atoms with Crippen molar-refractivity contribution in [2.75, 3.05) is 0 Å². The minimum Gasteiger partial charge on any atom is -0.388 e. The normalized spacial score (nSPS) is 27.5. The summed E-state index contributed by atoms with van der Waals surface area (Å²) in [4.78, 5) is 23.6. The van der Waals surface area contributed by atoms with Crippen molar-refractivity contribution in [1.82, 2.24) is 24.8 Å². The van der Waals surface area contributed by atoms with Crippen LogP contribution in [0.5, 0.6) is 0 Å². The summed E-state index contributed by atoms with van der Waals surface area (Å²) in [7, 11) is 0. The molecule has 10 heteroatoms. The predicted molar refractivity (Wildman–Crippen MR) is 83.2 cm³/mol. The third-order valence-corrected chi connectivity index (χ3v) is 4.46. The topological polar surface area (TPSA) is 113 Å². The van der Waals surface area contributed by atoms with Gasteiger partial charge in [-0.25, -0.2) is 9.97 Å². The van der Waals surface area contributed by atoms with Crippen LogP contribution in [0.3, 0.4) is 0 Å². The van der Waals surface area contributed by atoms with Gasteiger partial charge < -0.3 is 20.1 Å². The summed E-state index contributed by atoms with van der Waals surface area (Å²) in [5.41, 5.74) is 0.729. The molecular formula is C13H15Cl2N5O3. The number of imidazole rings is 1. The van der Waals surface area contributed by atoms with E-state index < -0.39 is 24.3 Å². The average Bonchev–Trinajstić information content (AvgIpc) is 3.03. The highest BCUT2D eigenvalue weighted by molar-refractivity contribution is 6.35. The second-order valence-electron chi connectivity index (χ2n) is 5.42. The van der Waals surface area contributed by atoms with Gasteiger partial charge in [-0.1, -0.05) is 18.5 Å². The molecule has 23 heavy (non-hydrogen) atoms. The number of carbonyl (C=O) groups is 1. The molecule has 8 nitrogen and oxygen atoms in total. The van der Waals surface area contributed by atoms with Crippen molar-refractivity contribution in [2.24, 2.45) is 0 Å². The first-order valence-electron chi connectivity index (χ1n) is 7.13. The largest absolute Gasteiger partial charge is 0.388 e. The number of nitrogens with zero attached hydrogens (tertiary/aromatic N) is 4. The fourth-order valence-corrected chi connectivity index (χ4v) is 3.26. The van der Waals surface area contributed by atoms with Crippen LogP contribution in [0.4, 0.5) is 0 Å². The fraction of sp³-hybridized carbons (Fsp3) is 0.538. The molecule has 0 bridgehead atoms. The maximum Gasteiger partial charge on any atom is 0.225 e. The Kier molecular flexibility index (Phi) is 4.41. The van der Waals surface area contributed by atoms with Gasteiger partial charge in [0.25, 0.3) is 0 Å². The van der Waals surface area contributed by atoms with E-state index in [1.807, 2.05) is 0 Å². The Balaban J connectivity index is 1.94. The van der Waals surface area contributed by atoms with E-state index in [9.17, 15) is 15.0 Å². The molecule has 2 aromatic rings. The van der Waals surface area contributed by atoms with Crippen molar-refractivity contribution in [1.29, 1.82) is 0 Å². The molecule has 124 valence electrons. The molecule has 2 aromatic heterocycles. The second-order valence-corrected chi connectivity index (χ2v) is 6.12. The number of aliphatic hydroxyl groups is 2. The maximum atomic E-state index is 11.5. The molecule has 3 rings (SSSR count). The number of fused-ring (bicyclic) bond motifs is 1. The lowest BCUT2D eigenvalue weighted by Gasteiger charge is -2.18. The lowest BCUT2D eigenvalue weighted by Crippen LogP contribution is -2.42. The van der Waals surface area contributed by atoms with E-state index in [0.717, 1.165) is 0 Å². The summed E-state index contributed by atoms with van der Waals surface area (Å²) >= 11 is 11.8. The first-order chi connectivity index (χ1) is 10.9. The Bertz CT molecular complexity index is 753. The first kappa shape index (κ1) is 16.4. The Hall–Kier alpha value is -1.48. The Morgan fingerprint density at radius 1 is 1.39 bits per heavy atom. The number of aromatic nitrogens is 4. The lowest BCUT2D eigenvalue weighted by molar-refractivity contribution is -0.122. The van der Waals surface area contributed by atoms with Gasteiger partial charge in [-0.05, 0) is 18.0 Å². The smallest absolute Gasteiger partial charge is 0.225 e.